The third-order valence-electron chi connectivity index (χ3n) is 3.15. The van der Waals surface area contributed by atoms with Gasteiger partial charge >= 0.3 is 0 Å². The molecule has 0 atom stereocenters. The van der Waals surface area contributed by atoms with Gasteiger partial charge in [0.25, 0.3) is 0 Å². The van der Waals surface area contributed by atoms with Crippen LogP contribution in [0.2, 0.25) is 0 Å². The first-order chi connectivity index (χ1) is 8.90. The molecule has 108 valence electrons. The zero-order valence-electron chi connectivity index (χ0n) is 12.8. The van der Waals surface area contributed by atoms with Gasteiger partial charge in [-0.1, -0.05) is 13.8 Å². The number of nitrogens with zero attached hydrogens (tertiary/aromatic N) is 3. The molecule has 5 heteroatoms. The SMILES string of the molecule is CC(C)c1nc(N)cc(NCCCN(C)C(C)C)n1. The lowest BCUT2D eigenvalue weighted by Crippen LogP contribution is -2.28. The number of rotatable bonds is 7. The third-order valence-corrected chi connectivity index (χ3v) is 3.15. The van der Waals surface area contributed by atoms with Crippen molar-refractivity contribution in [3.8, 4) is 0 Å². The maximum Gasteiger partial charge on any atom is 0.135 e. The minimum absolute atomic E-state index is 0.288. The quantitative estimate of drug-likeness (QED) is 0.741. The van der Waals surface area contributed by atoms with Crippen LogP contribution in [0.1, 0.15) is 45.9 Å². The first-order valence-corrected chi connectivity index (χ1v) is 6.98. The Labute approximate surface area is 116 Å². The molecular weight excluding hydrogens is 238 g/mol. The van der Waals surface area contributed by atoms with Gasteiger partial charge in [-0.15, -0.1) is 0 Å². The van der Waals surface area contributed by atoms with E-state index in [-0.39, 0.29) is 5.92 Å². The Kier molecular flexibility index (Phi) is 6.02. The van der Waals surface area contributed by atoms with Gasteiger partial charge in [0, 0.05) is 24.6 Å². The van der Waals surface area contributed by atoms with E-state index in [0.29, 0.717) is 11.9 Å². The molecule has 1 aromatic heterocycles. The summed E-state index contributed by atoms with van der Waals surface area (Å²) in [6, 6.07) is 2.38. The van der Waals surface area contributed by atoms with Crippen LogP contribution in [0.4, 0.5) is 11.6 Å². The molecule has 0 radical (unpaired) electrons. The molecule has 0 saturated heterocycles. The largest absolute Gasteiger partial charge is 0.384 e. The van der Waals surface area contributed by atoms with Crippen LogP contribution in [0.25, 0.3) is 0 Å². The minimum atomic E-state index is 0.288. The highest BCUT2D eigenvalue weighted by Crippen LogP contribution is 2.14. The van der Waals surface area contributed by atoms with E-state index in [9.17, 15) is 0 Å². The maximum absolute atomic E-state index is 5.79. The van der Waals surface area contributed by atoms with Gasteiger partial charge in [-0.25, -0.2) is 9.97 Å². The molecule has 0 aliphatic carbocycles. The van der Waals surface area contributed by atoms with E-state index in [4.69, 9.17) is 5.73 Å². The van der Waals surface area contributed by atoms with Crippen molar-refractivity contribution in [1.29, 1.82) is 0 Å². The van der Waals surface area contributed by atoms with Crippen LogP contribution in [0, 0.1) is 0 Å². The standard InChI is InChI=1S/C14H27N5/c1-10(2)14-17-12(15)9-13(18-14)16-7-6-8-19(5)11(3)4/h9-11H,6-8H2,1-5H3,(H3,15,16,17,18). The van der Waals surface area contributed by atoms with Crippen LogP contribution >= 0.6 is 0 Å². The summed E-state index contributed by atoms with van der Waals surface area (Å²) in [6.07, 6.45) is 1.08. The van der Waals surface area contributed by atoms with E-state index in [1.165, 1.54) is 0 Å². The highest BCUT2D eigenvalue weighted by Gasteiger charge is 2.06. The summed E-state index contributed by atoms with van der Waals surface area (Å²) in [7, 11) is 2.14. The van der Waals surface area contributed by atoms with Crippen LogP contribution in [-0.4, -0.2) is 41.0 Å². The Bertz CT molecular complexity index is 389. The zero-order chi connectivity index (χ0) is 14.4. The van der Waals surface area contributed by atoms with Crippen LogP contribution in [0.15, 0.2) is 6.07 Å². The summed E-state index contributed by atoms with van der Waals surface area (Å²) in [6.45, 7) is 10.5. The second kappa shape index (κ2) is 7.28. The van der Waals surface area contributed by atoms with E-state index >= 15 is 0 Å². The van der Waals surface area contributed by atoms with Crippen molar-refractivity contribution in [3.05, 3.63) is 11.9 Å². The van der Waals surface area contributed by atoms with Crippen LogP contribution < -0.4 is 11.1 Å². The number of aromatic nitrogens is 2. The topological polar surface area (TPSA) is 67.1 Å². The lowest BCUT2D eigenvalue weighted by molar-refractivity contribution is 0.273. The number of nitrogens with one attached hydrogen (secondary N) is 1. The third kappa shape index (κ3) is 5.42. The van der Waals surface area contributed by atoms with Gasteiger partial charge < -0.3 is 16.0 Å². The number of hydrogen-bond acceptors (Lipinski definition) is 5. The number of nitrogens with two attached hydrogens (primary N) is 1. The second-order valence-corrected chi connectivity index (χ2v) is 5.55. The molecule has 0 aliphatic heterocycles. The maximum atomic E-state index is 5.79. The van der Waals surface area contributed by atoms with E-state index in [1.807, 2.05) is 0 Å². The van der Waals surface area contributed by atoms with Crippen molar-refractivity contribution in [3.63, 3.8) is 0 Å². The molecule has 19 heavy (non-hydrogen) atoms. The summed E-state index contributed by atoms with van der Waals surface area (Å²) < 4.78 is 0. The number of hydrogen-bond donors (Lipinski definition) is 2. The van der Waals surface area contributed by atoms with Crippen LogP contribution in [0.3, 0.4) is 0 Å². The Morgan fingerprint density at radius 3 is 2.53 bits per heavy atom. The molecular formula is C14H27N5. The Hall–Kier alpha value is -1.36. The van der Waals surface area contributed by atoms with Crippen molar-refractivity contribution in [2.24, 2.45) is 0 Å². The Balaban J connectivity index is 2.45. The predicted octanol–water partition coefficient (Wildman–Crippen LogP) is 2.32. The van der Waals surface area contributed by atoms with Gasteiger partial charge in [0.15, 0.2) is 0 Å². The summed E-state index contributed by atoms with van der Waals surface area (Å²) >= 11 is 0. The monoisotopic (exact) mass is 265 g/mol. The average molecular weight is 265 g/mol. The van der Waals surface area contributed by atoms with Gasteiger partial charge in [0.05, 0.1) is 0 Å². The molecule has 1 rings (SSSR count). The average Bonchev–Trinajstić information content (AvgIpc) is 2.33. The fraction of sp³-hybridized carbons (Fsp3) is 0.714. The van der Waals surface area contributed by atoms with Gasteiger partial charge in [-0.3, -0.25) is 0 Å². The molecule has 0 saturated carbocycles. The van der Waals surface area contributed by atoms with Crippen LogP contribution in [0.5, 0.6) is 0 Å². The number of anilines is 2. The molecule has 0 aliphatic rings. The Morgan fingerprint density at radius 2 is 1.95 bits per heavy atom. The molecule has 3 N–H and O–H groups in total. The van der Waals surface area contributed by atoms with Gasteiger partial charge in [0.1, 0.15) is 17.5 Å². The van der Waals surface area contributed by atoms with E-state index < -0.39 is 0 Å². The van der Waals surface area contributed by atoms with Crippen LogP contribution in [-0.2, 0) is 0 Å². The lowest BCUT2D eigenvalue weighted by atomic mass is 10.2. The minimum Gasteiger partial charge on any atom is -0.384 e. The Morgan fingerprint density at radius 1 is 1.26 bits per heavy atom. The molecule has 0 aromatic carbocycles. The predicted molar refractivity (Wildman–Crippen MR) is 81.4 cm³/mol. The lowest BCUT2D eigenvalue weighted by Gasteiger charge is -2.20. The molecule has 0 spiro atoms. The first-order valence-electron chi connectivity index (χ1n) is 6.98. The fourth-order valence-corrected chi connectivity index (χ4v) is 1.64. The van der Waals surface area contributed by atoms with E-state index in [1.54, 1.807) is 6.07 Å². The highest BCUT2D eigenvalue weighted by molar-refractivity contribution is 5.44. The van der Waals surface area contributed by atoms with Crippen molar-refractivity contribution in [2.45, 2.75) is 46.1 Å². The van der Waals surface area contributed by atoms with Gasteiger partial charge in [-0.05, 0) is 33.9 Å². The summed E-state index contributed by atoms with van der Waals surface area (Å²) in [5.41, 5.74) is 5.79. The molecule has 1 aromatic rings. The molecule has 1 heterocycles. The smallest absolute Gasteiger partial charge is 0.135 e. The summed E-state index contributed by atoms with van der Waals surface area (Å²) in [5.74, 6) is 2.43. The second-order valence-electron chi connectivity index (χ2n) is 5.55. The molecule has 5 nitrogen and oxygen atoms in total. The van der Waals surface area contributed by atoms with Crippen molar-refractivity contribution in [2.75, 3.05) is 31.2 Å². The molecule has 0 amide bonds. The van der Waals surface area contributed by atoms with E-state index in [0.717, 1.165) is 31.2 Å². The molecule has 0 unspecified atom stereocenters. The van der Waals surface area contributed by atoms with Crippen molar-refractivity contribution < 1.29 is 0 Å². The zero-order valence-corrected chi connectivity index (χ0v) is 12.8. The normalized spacial score (nSPS) is 11.6. The summed E-state index contributed by atoms with van der Waals surface area (Å²) in [4.78, 5) is 11.0. The van der Waals surface area contributed by atoms with E-state index in [2.05, 4.69) is 54.9 Å². The molecule has 0 bridgehead atoms. The molecule has 0 fully saturated rings. The fourth-order valence-electron chi connectivity index (χ4n) is 1.64. The summed E-state index contributed by atoms with van der Waals surface area (Å²) in [5, 5.41) is 3.32. The van der Waals surface area contributed by atoms with Gasteiger partial charge in [-0.2, -0.15) is 0 Å². The van der Waals surface area contributed by atoms with Crippen molar-refractivity contribution >= 4 is 11.6 Å². The number of nitrogen functional groups attached to an aromatic ring is 1. The highest BCUT2D eigenvalue weighted by atomic mass is 15.1. The van der Waals surface area contributed by atoms with Gasteiger partial charge in [0.2, 0.25) is 0 Å². The van der Waals surface area contributed by atoms with Crippen molar-refractivity contribution in [1.82, 2.24) is 14.9 Å². The first kappa shape index (κ1) is 15.7.